The lowest BCUT2D eigenvalue weighted by Crippen LogP contribution is -2.32. The maximum Gasteiger partial charge on any atom is 0.219 e. The molecule has 0 fully saturated rings. The summed E-state index contributed by atoms with van der Waals surface area (Å²) in [6.45, 7) is 3.40. The third kappa shape index (κ3) is 5.94. The van der Waals surface area contributed by atoms with E-state index in [1.807, 2.05) is 6.07 Å². The first kappa shape index (κ1) is 16.7. The molecule has 23 heavy (non-hydrogen) atoms. The van der Waals surface area contributed by atoms with Gasteiger partial charge in [-0.2, -0.15) is 0 Å². The normalized spacial score (nSPS) is 11.3. The Morgan fingerprint density at radius 3 is 2.70 bits per heavy atom. The molecule has 1 heterocycles. The summed E-state index contributed by atoms with van der Waals surface area (Å²) in [5, 5.41) is 3.05. The van der Waals surface area contributed by atoms with Gasteiger partial charge >= 0.3 is 0 Å². The zero-order valence-electron chi connectivity index (χ0n) is 13.1. The van der Waals surface area contributed by atoms with Crippen molar-refractivity contribution in [2.24, 2.45) is 10.7 Å². The van der Waals surface area contributed by atoms with Gasteiger partial charge in [-0.1, -0.05) is 19.4 Å². The lowest BCUT2D eigenvalue weighted by Gasteiger charge is -2.06. The van der Waals surface area contributed by atoms with Crippen molar-refractivity contribution >= 4 is 5.96 Å². The highest BCUT2D eigenvalue weighted by molar-refractivity contribution is 5.77. The second-order valence-corrected chi connectivity index (χ2v) is 5.04. The Hall–Kier alpha value is -2.63. The van der Waals surface area contributed by atoms with E-state index in [9.17, 15) is 4.39 Å². The molecule has 0 aliphatic rings. The molecule has 0 unspecified atom stereocenters. The molecule has 3 N–H and O–H groups in total. The van der Waals surface area contributed by atoms with Crippen molar-refractivity contribution in [3.8, 4) is 11.6 Å². The van der Waals surface area contributed by atoms with Crippen molar-refractivity contribution < 1.29 is 9.13 Å². The first-order valence-electron chi connectivity index (χ1n) is 7.59. The number of halogens is 1. The highest BCUT2D eigenvalue weighted by atomic mass is 19.1. The van der Waals surface area contributed by atoms with Gasteiger partial charge in [0, 0.05) is 18.8 Å². The van der Waals surface area contributed by atoms with Gasteiger partial charge in [0.25, 0.3) is 0 Å². The number of nitrogens with two attached hydrogens (primary N) is 1. The van der Waals surface area contributed by atoms with Crippen LogP contribution >= 0.6 is 0 Å². The topological polar surface area (TPSA) is 72.5 Å². The summed E-state index contributed by atoms with van der Waals surface area (Å²) in [6, 6.07) is 9.40. The van der Waals surface area contributed by atoms with Gasteiger partial charge in [0.2, 0.25) is 5.88 Å². The first-order chi connectivity index (χ1) is 11.2. The lowest BCUT2D eigenvalue weighted by molar-refractivity contribution is 0.461. The van der Waals surface area contributed by atoms with Crippen LogP contribution < -0.4 is 15.8 Å². The number of rotatable bonds is 7. The highest BCUT2D eigenvalue weighted by Crippen LogP contribution is 2.19. The Labute approximate surface area is 135 Å². The number of hydrogen-bond acceptors (Lipinski definition) is 3. The number of ether oxygens (including phenoxy) is 1. The van der Waals surface area contributed by atoms with Crippen molar-refractivity contribution in [1.82, 2.24) is 10.3 Å². The standard InChI is InChI=1S/C17H21FN4O/c1-2-3-10-20-17(19)22-12-13-4-9-16(21-11-13)23-15-7-5-14(18)6-8-15/h4-9,11H,2-3,10,12H2,1H3,(H3,19,20,22). The predicted molar refractivity (Wildman–Crippen MR) is 88.9 cm³/mol. The van der Waals surface area contributed by atoms with E-state index in [4.69, 9.17) is 10.5 Å². The molecule has 1 aromatic heterocycles. The summed E-state index contributed by atoms with van der Waals surface area (Å²) < 4.78 is 18.4. The van der Waals surface area contributed by atoms with Crippen molar-refractivity contribution in [1.29, 1.82) is 0 Å². The zero-order chi connectivity index (χ0) is 16.5. The van der Waals surface area contributed by atoms with Gasteiger partial charge in [0.1, 0.15) is 11.6 Å². The summed E-state index contributed by atoms with van der Waals surface area (Å²) in [5.74, 6) is 1.11. The molecule has 0 aliphatic carbocycles. The van der Waals surface area contributed by atoms with E-state index in [0.29, 0.717) is 24.1 Å². The van der Waals surface area contributed by atoms with Crippen molar-refractivity contribution in [2.75, 3.05) is 6.54 Å². The van der Waals surface area contributed by atoms with Crippen molar-refractivity contribution in [3.05, 3.63) is 54.0 Å². The summed E-state index contributed by atoms with van der Waals surface area (Å²) in [7, 11) is 0. The van der Waals surface area contributed by atoms with Crippen LogP contribution in [0.1, 0.15) is 25.3 Å². The fourth-order valence-corrected chi connectivity index (χ4v) is 1.81. The molecule has 0 amide bonds. The zero-order valence-corrected chi connectivity index (χ0v) is 13.1. The van der Waals surface area contributed by atoms with Crippen molar-refractivity contribution in [3.63, 3.8) is 0 Å². The molecule has 0 radical (unpaired) electrons. The third-order valence-corrected chi connectivity index (χ3v) is 3.10. The molecule has 0 aliphatic heterocycles. The first-order valence-corrected chi connectivity index (χ1v) is 7.59. The number of benzene rings is 1. The van der Waals surface area contributed by atoms with E-state index >= 15 is 0 Å². The minimum atomic E-state index is -0.302. The summed E-state index contributed by atoms with van der Waals surface area (Å²) in [5.41, 5.74) is 6.70. The number of nitrogens with zero attached hydrogens (tertiary/aromatic N) is 2. The van der Waals surface area contributed by atoms with Crippen molar-refractivity contribution in [2.45, 2.75) is 26.3 Å². The molecule has 122 valence electrons. The lowest BCUT2D eigenvalue weighted by atomic mass is 10.3. The van der Waals surface area contributed by atoms with E-state index in [0.717, 1.165) is 24.9 Å². The molecule has 1 aromatic carbocycles. The quantitative estimate of drug-likeness (QED) is 0.467. The molecule has 2 aromatic rings. The van der Waals surface area contributed by atoms with Crippen LogP contribution in [0.25, 0.3) is 0 Å². The van der Waals surface area contributed by atoms with E-state index in [2.05, 4.69) is 22.2 Å². The Kier molecular flexibility index (Phi) is 6.35. The van der Waals surface area contributed by atoms with E-state index in [1.165, 1.54) is 12.1 Å². The number of unbranched alkanes of at least 4 members (excludes halogenated alkanes) is 1. The molecule has 5 nitrogen and oxygen atoms in total. The van der Waals surface area contributed by atoms with E-state index < -0.39 is 0 Å². The molecule has 0 spiro atoms. The number of aromatic nitrogens is 1. The molecular weight excluding hydrogens is 295 g/mol. The van der Waals surface area contributed by atoms with E-state index in [-0.39, 0.29) is 5.82 Å². The second-order valence-electron chi connectivity index (χ2n) is 5.04. The largest absolute Gasteiger partial charge is 0.439 e. The fraction of sp³-hybridized carbons (Fsp3) is 0.294. The number of guanidine groups is 1. The summed E-state index contributed by atoms with van der Waals surface area (Å²) >= 11 is 0. The molecule has 0 atom stereocenters. The third-order valence-electron chi connectivity index (χ3n) is 3.10. The Bertz CT molecular complexity index is 626. The van der Waals surface area contributed by atoms with Crippen LogP contribution in [0.5, 0.6) is 11.6 Å². The fourth-order valence-electron chi connectivity index (χ4n) is 1.81. The number of aliphatic imine (C=N–C) groups is 1. The van der Waals surface area contributed by atoms with Gasteiger partial charge in [0.15, 0.2) is 5.96 Å². The van der Waals surface area contributed by atoms with Crippen LogP contribution in [0, 0.1) is 5.82 Å². The maximum absolute atomic E-state index is 12.8. The average Bonchev–Trinajstić information content (AvgIpc) is 2.57. The smallest absolute Gasteiger partial charge is 0.219 e. The van der Waals surface area contributed by atoms with Crippen LogP contribution in [0.2, 0.25) is 0 Å². The molecule has 0 bridgehead atoms. The van der Waals surface area contributed by atoms with Gasteiger partial charge in [-0.3, -0.25) is 0 Å². The number of hydrogen-bond donors (Lipinski definition) is 2. The predicted octanol–water partition coefficient (Wildman–Crippen LogP) is 3.22. The van der Waals surface area contributed by atoms with Gasteiger partial charge < -0.3 is 15.8 Å². The molecular formula is C17H21FN4O. The number of nitrogens with one attached hydrogen (secondary N) is 1. The van der Waals surface area contributed by atoms with Crippen LogP contribution in [0.4, 0.5) is 4.39 Å². The molecule has 6 heteroatoms. The SMILES string of the molecule is CCCCNC(N)=NCc1ccc(Oc2ccc(F)cc2)nc1. The summed E-state index contributed by atoms with van der Waals surface area (Å²) in [4.78, 5) is 8.45. The monoisotopic (exact) mass is 316 g/mol. The minimum Gasteiger partial charge on any atom is -0.439 e. The Morgan fingerprint density at radius 2 is 2.04 bits per heavy atom. The van der Waals surface area contributed by atoms with Gasteiger partial charge in [-0.25, -0.2) is 14.4 Å². The van der Waals surface area contributed by atoms with E-state index in [1.54, 1.807) is 24.4 Å². The summed E-state index contributed by atoms with van der Waals surface area (Å²) in [6.07, 6.45) is 3.86. The van der Waals surface area contributed by atoms with Crippen LogP contribution in [-0.2, 0) is 6.54 Å². The second kappa shape index (κ2) is 8.73. The van der Waals surface area contributed by atoms with Crippen LogP contribution in [-0.4, -0.2) is 17.5 Å². The molecule has 0 saturated carbocycles. The average molecular weight is 316 g/mol. The molecule has 0 saturated heterocycles. The maximum atomic E-state index is 12.8. The minimum absolute atomic E-state index is 0.302. The van der Waals surface area contributed by atoms with Gasteiger partial charge in [0.05, 0.1) is 6.54 Å². The molecule has 2 rings (SSSR count). The number of pyridine rings is 1. The van der Waals surface area contributed by atoms with Gasteiger partial charge in [-0.05, 0) is 36.2 Å². The van der Waals surface area contributed by atoms with Gasteiger partial charge in [-0.15, -0.1) is 0 Å². The highest BCUT2D eigenvalue weighted by Gasteiger charge is 2.00. The van der Waals surface area contributed by atoms with Crippen LogP contribution in [0.15, 0.2) is 47.6 Å². The Balaban J connectivity index is 1.86. The Morgan fingerprint density at radius 1 is 1.26 bits per heavy atom. The van der Waals surface area contributed by atoms with Crippen LogP contribution in [0.3, 0.4) is 0 Å².